The number of carbonyl (C=O) groups excluding carboxylic acids is 1. The molecule has 1 heterocycles. The van der Waals surface area contributed by atoms with Crippen LogP contribution in [0.4, 0.5) is 4.79 Å². The summed E-state index contributed by atoms with van der Waals surface area (Å²) in [7, 11) is 0. The molecule has 0 aliphatic carbocycles. The van der Waals surface area contributed by atoms with Crippen molar-refractivity contribution >= 4 is 6.09 Å². The highest BCUT2D eigenvalue weighted by molar-refractivity contribution is 5.68. The standard InChI is InChI=1S/C10H19NO3/c1-8(2)14-9(12)11-6-4-5-10(3,13)7-11/h8,13H,4-7H2,1-3H3/t10-/m0/s1. The van der Waals surface area contributed by atoms with Crippen LogP contribution in [0, 0.1) is 0 Å². The van der Waals surface area contributed by atoms with E-state index in [4.69, 9.17) is 4.74 Å². The lowest BCUT2D eigenvalue weighted by molar-refractivity contribution is -0.0201. The second kappa shape index (κ2) is 4.17. The van der Waals surface area contributed by atoms with Crippen molar-refractivity contribution in [1.29, 1.82) is 0 Å². The Morgan fingerprint density at radius 2 is 2.21 bits per heavy atom. The molecule has 0 saturated carbocycles. The van der Waals surface area contributed by atoms with E-state index >= 15 is 0 Å². The highest BCUT2D eigenvalue weighted by Crippen LogP contribution is 2.20. The van der Waals surface area contributed by atoms with Crippen LogP contribution in [-0.4, -0.2) is 40.9 Å². The Labute approximate surface area is 84.8 Å². The summed E-state index contributed by atoms with van der Waals surface area (Å²) >= 11 is 0. The van der Waals surface area contributed by atoms with Crippen molar-refractivity contribution in [2.24, 2.45) is 0 Å². The molecule has 0 aromatic carbocycles. The predicted octanol–water partition coefficient (Wildman–Crippen LogP) is 1.38. The largest absolute Gasteiger partial charge is 0.447 e. The van der Waals surface area contributed by atoms with Crippen LogP contribution in [-0.2, 0) is 4.74 Å². The molecule has 0 aromatic heterocycles. The number of aliphatic hydroxyl groups is 1. The number of carbonyl (C=O) groups is 1. The summed E-state index contributed by atoms with van der Waals surface area (Å²) in [5.74, 6) is 0. The molecule has 1 atom stereocenters. The van der Waals surface area contributed by atoms with Crippen LogP contribution in [0.5, 0.6) is 0 Å². The fourth-order valence-corrected chi connectivity index (χ4v) is 1.65. The van der Waals surface area contributed by atoms with E-state index in [9.17, 15) is 9.90 Å². The first-order chi connectivity index (χ1) is 6.41. The zero-order valence-electron chi connectivity index (χ0n) is 9.12. The minimum absolute atomic E-state index is 0.102. The average Bonchev–Trinajstić information content (AvgIpc) is 2.01. The van der Waals surface area contributed by atoms with Gasteiger partial charge in [-0.3, -0.25) is 0 Å². The van der Waals surface area contributed by atoms with E-state index in [1.807, 2.05) is 13.8 Å². The molecule has 1 saturated heterocycles. The summed E-state index contributed by atoms with van der Waals surface area (Å²) in [6, 6.07) is 0. The maximum absolute atomic E-state index is 11.5. The van der Waals surface area contributed by atoms with Crippen LogP contribution < -0.4 is 0 Å². The molecule has 0 radical (unpaired) electrons. The van der Waals surface area contributed by atoms with Crippen LogP contribution in [0.25, 0.3) is 0 Å². The molecule has 82 valence electrons. The SMILES string of the molecule is CC(C)OC(=O)N1CCC[C@](C)(O)C1. The van der Waals surface area contributed by atoms with Gasteiger partial charge in [0.15, 0.2) is 0 Å². The van der Waals surface area contributed by atoms with Crippen LogP contribution in [0.2, 0.25) is 0 Å². The Morgan fingerprint density at radius 3 is 2.71 bits per heavy atom. The Balaban J connectivity index is 2.48. The van der Waals surface area contributed by atoms with Crippen molar-refractivity contribution in [3.63, 3.8) is 0 Å². The molecule has 1 aliphatic heterocycles. The Hall–Kier alpha value is -0.770. The maximum atomic E-state index is 11.5. The molecule has 0 aromatic rings. The molecule has 0 spiro atoms. The lowest BCUT2D eigenvalue weighted by Crippen LogP contribution is -2.49. The summed E-state index contributed by atoms with van der Waals surface area (Å²) in [4.78, 5) is 13.1. The van der Waals surface area contributed by atoms with E-state index in [0.717, 1.165) is 12.8 Å². The zero-order chi connectivity index (χ0) is 10.8. The molecule has 0 bridgehead atoms. The molecular formula is C10H19NO3. The monoisotopic (exact) mass is 201 g/mol. The quantitative estimate of drug-likeness (QED) is 0.697. The van der Waals surface area contributed by atoms with Gasteiger partial charge in [0.05, 0.1) is 18.2 Å². The summed E-state index contributed by atoms with van der Waals surface area (Å²) in [6.07, 6.45) is 1.16. The molecule has 1 N–H and O–H groups in total. The predicted molar refractivity (Wildman–Crippen MR) is 53.0 cm³/mol. The van der Waals surface area contributed by atoms with Gasteiger partial charge in [-0.2, -0.15) is 0 Å². The fraction of sp³-hybridized carbons (Fsp3) is 0.900. The van der Waals surface area contributed by atoms with E-state index < -0.39 is 5.60 Å². The molecule has 1 amide bonds. The highest BCUT2D eigenvalue weighted by atomic mass is 16.6. The van der Waals surface area contributed by atoms with Gasteiger partial charge in [-0.15, -0.1) is 0 Å². The molecule has 1 rings (SSSR count). The lowest BCUT2D eigenvalue weighted by atomic mass is 9.96. The van der Waals surface area contributed by atoms with Gasteiger partial charge < -0.3 is 14.7 Å². The normalized spacial score (nSPS) is 27.9. The summed E-state index contributed by atoms with van der Waals surface area (Å²) in [5, 5.41) is 9.78. The van der Waals surface area contributed by atoms with Gasteiger partial charge in [0, 0.05) is 6.54 Å². The number of β-amino-alcohol motifs (C(OH)–C–C–N with tert-alkyl or cyclic N) is 1. The third-order valence-corrected chi connectivity index (χ3v) is 2.27. The molecule has 1 aliphatic rings. The Bertz CT molecular complexity index is 213. The van der Waals surface area contributed by atoms with Crippen molar-refractivity contribution in [2.75, 3.05) is 13.1 Å². The highest BCUT2D eigenvalue weighted by Gasteiger charge is 2.31. The molecular weight excluding hydrogens is 182 g/mol. The number of hydrogen-bond acceptors (Lipinski definition) is 3. The molecule has 14 heavy (non-hydrogen) atoms. The van der Waals surface area contributed by atoms with Crippen molar-refractivity contribution in [1.82, 2.24) is 4.90 Å². The third-order valence-electron chi connectivity index (χ3n) is 2.27. The summed E-state index contributed by atoms with van der Waals surface area (Å²) < 4.78 is 5.06. The van der Waals surface area contributed by atoms with Crippen LogP contribution in [0.3, 0.4) is 0 Å². The van der Waals surface area contributed by atoms with E-state index in [1.165, 1.54) is 0 Å². The zero-order valence-corrected chi connectivity index (χ0v) is 9.12. The number of rotatable bonds is 1. The van der Waals surface area contributed by atoms with Crippen molar-refractivity contribution < 1.29 is 14.6 Å². The number of amides is 1. The number of hydrogen-bond donors (Lipinski definition) is 1. The van der Waals surface area contributed by atoms with Gasteiger partial charge in [-0.1, -0.05) is 0 Å². The first kappa shape index (κ1) is 11.3. The first-order valence-corrected chi connectivity index (χ1v) is 5.09. The van der Waals surface area contributed by atoms with E-state index in [1.54, 1.807) is 11.8 Å². The minimum atomic E-state index is -0.756. The molecule has 4 nitrogen and oxygen atoms in total. The number of piperidine rings is 1. The van der Waals surface area contributed by atoms with Gasteiger partial charge in [0.2, 0.25) is 0 Å². The third kappa shape index (κ3) is 3.18. The van der Waals surface area contributed by atoms with Gasteiger partial charge in [0.25, 0.3) is 0 Å². The van der Waals surface area contributed by atoms with E-state index in [0.29, 0.717) is 13.1 Å². The van der Waals surface area contributed by atoms with Gasteiger partial charge >= 0.3 is 6.09 Å². The van der Waals surface area contributed by atoms with Crippen LogP contribution >= 0.6 is 0 Å². The average molecular weight is 201 g/mol. The Kier molecular flexibility index (Phi) is 3.37. The fourth-order valence-electron chi connectivity index (χ4n) is 1.65. The van der Waals surface area contributed by atoms with Gasteiger partial charge in [-0.05, 0) is 33.6 Å². The van der Waals surface area contributed by atoms with Crippen molar-refractivity contribution in [2.45, 2.75) is 45.3 Å². The smallest absolute Gasteiger partial charge is 0.410 e. The van der Waals surface area contributed by atoms with Crippen LogP contribution in [0.1, 0.15) is 33.6 Å². The van der Waals surface area contributed by atoms with Crippen molar-refractivity contribution in [3.05, 3.63) is 0 Å². The molecule has 0 unspecified atom stereocenters. The number of nitrogens with zero attached hydrogens (tertiary/aromatic N) is 1. The molecule has 1 fully saturated rings. The second-order valence-corrected chi connectivity index (χ2v) is 4.45. The molecule has 4 heteroatoms. The lowest BCUT2D eigenvalue weighted by Gasteiger charge is -2.36. The Morgan fingerprint density at radius 1 is 1.57 bits per heavy atom. The van der Waals surface area contributed by atoms with Crippen molar-refractivity contribution in [3.8, 4) is 0 Å². The minimum Gasteiger partial charge on any atom is -0.447 e. The van der Waals surface area contributed by atoms with Crippen LogP contribution in [0.15, 0.2) is 0 Å². The second-order valence-electron chi connectivity index (χ2n) is 4.45. The number of ether oxygens (including phenoxy) is 1. The maximum Gasteiger partial charge on any atom is 0.410 e. The summed E-state index contributed by atoms with van der Waals surface area (Å²) in [5.41, 5.74) is -0.756. The topological polar surface area (TPSA) is 49.8 Å². The van der Waals surface area contributed by atoms with E-state index in [-0.39, 0.29) is 12.2 Å². The number of likely N-dealkylation sites (tertiary alicyclic amines) is 1. The first-order valence-electron chi connectivity index (χ1n) is 5.09. The van der Waals surface area contributed by atoms with E-state index in [2.05, 4.69) is 0 Å². The van der Waals surface area contributed by atoms with Gasteiger partial charge in [-0.25, -0.2) is 4.79 Å². The van der Waals surface area contributed by atoms with Gasteiger partial charge in [0.1, 0.15) is 0 Å². The summed E-state index contributed by atoms with van der Waals surface area (Å²) in [6.45, 7) is 6.45.